The normalized spacial score (nSPS) is 34.2. The Balaban J connectivity index is 0.00000133. The van der Waals surface area contributed by atoms with Crippen molar-refractivity contribution in [1.29, 1.82) is 0 Å². The van der Waals surface area contributed by atoms with Gasteiger partial charge in [0.1, 0.15) is 0 Å². The van der Waals surface area contributed by atoms with Crippen LogP contribution in [-0.4, -0.2) is 17.3 Å². The minimum Gasteiger partial charge on any atom is -0.389 e. The smallest absolute Gasteiger partial charge is 0.0706 e. The maximum absolute atomic E-state index is 10.8. The van der Waals surface area contributed by atoms with E-state index in [1.165, 1.54) is 18.4 Å². The van der Waals surface area contributed by atoms with Crippen LogP contribution in [0.3, 0.4) is 0 Å². The van der Waals surface area contributed by atoms with Crippen LogP contribution < -0.4 is 5.32 Å². The van der Waals surface area contributed by atoms with Crippen molar-refractivity contribution in [2.75, 3.05) is 6.54 Å². The second-order valence-electron chi connectivity index (χ2n) is 5.69. The van der Waals surface area contributed by atoms with Crippen LogP contribution in [0, 0.1) is 5.92 Å². The number of fused-ring (bicyclic) bond motifs is 1. The zero-order valence-corrected chi connectivity index (χ0v) is 12.5. The Hall–Kier alpha value is -0.280. The molecule has 1 heterocycles. The van der Waals surface area contributed by atoms with Gasteiger partial charge in [-0.05, 0) is 43.5 Å². The summed E-state index contributed by atoms with van der Waals surface area (Å²) in [5, 5.41) is 15.2. The van der Waals surface area contributed by atoms with Gasteiger partial charge in [0.25, 0.3) is 0 Å². The molecule has 0 aromatic heterocycles. The quantitative estimate of drug-likeness (QED) is 0.828. The van der Waals surface area contributed by atoms with E-state index in [1.54, 1.807) is 0 Å². The predicted molar refractivity (Wildman–Crippen MR) is 81.0 cm³/mol. The minimum atomic E-state index is -0.451. The number of aliphatic hydroxyl groups is 1. The van der Waals surface area contributed by atoms with E-state index in [2.05, 4.69) is 17.4 Å². The third-order valence-corrected chi connectivity index (χ3v) is 4.87. The number of nitrogens with one attached hydrogen (secondary N) is 1. The number of hydrogen-bond donors (Lipinski definition) is 2. The first-order valence-corrected chi connectivity index (χ1v) is 7.28. The number of rotatable bonds is 1. The van der Waals surface area contributed by atoms with Crippen LogP contribution >= 0.6 is 24.0 Å². The number of hydrogen-bond acceptors (Lipinski definition) is 2. The van der Waals surface area contributed by atoms with Crippen molar-refractivity contribution in [3.63, 3.8) is 0 Å². The van der Waals surface area contributed by atoms with Crippen molar-refractivity contribution < 1.29 is 5.11 Å². The van der Waals surface area contributed by atoms with Gasteiger partial charge in [0.15, 0.2) is 0 Å². The second-order valence-corrected chi connectivity index (χ2v) is 6.13. The summed E-state index contributed by atoms with van der Waals surface area (Å²) in [5.74, 6) is 0.348. The fraction of sp³-hybridized carbons (Fsp3) is 0.600. The van der Waals surface area contributed by atoms with Crippen LogP contribution in [0.25, 0.3) is 0 Å². The highest BCUT2D eigenvalue weighted by molar-refractivity contribution is 6.30. The molecule has 2 fully saturated rings. The maximum atomic E-state index is 10.8. The van der Waals surface area contributed by atoms with Gasteiger partial charge in [0, 0.05) is 17.0 Å². The lowest BCUT2D eigenvalue weighted by Gasteiger charge is -2.48. The standard InChI is InChI=1S/C15H20ClNO.ClH/c16-12-6-4-11(5-7-12)14-13-3-1-2-8-15(13,18)9-10-17-14;/h4-7,13-14,17-18H,1-3,8-10H2;1H/t13?,14-,15?;/m0./s1. The maximum Gasteiger partial charge on any atom is 0.0706 e. The summed E-state index contributed by atoms with van der Waals surface area (Å²) in [7, 11) is 0. The lowest BCUT2D eigenvalue weighted by Crippen LogP contribution is -2.53. The molecule has 0 spiro atoms. The molecule has 19 heavy (non-hydrogen) atoms. The Labute approximate surface area is 126 Å². The summed E-state index contributed by atoms with van der Waals surface area (Å²) in [6, 6.07) is 8.33. The molecular weight excluding hydrogens is 281 g/mol. The van der Waals surface area contributed by atoms with Crippen molar-refractivity contribution in [3.05, 3.63) is 34.9 Å². The van der Waals surface area contributed by atoms with Crippen LogP contribution in [0.5, 0.6) is 0 Å². The fourth-order valence-corrected chi connectivity index (χ4v) is 3.77. The lowest BCUT2D eigenvalue weighted by atomic mass is 9.67. The molecular formula is C15H21Cl2NO. The molecule has 1 saturated carbocycles. The molecule has 0 radical (unpaired) electrons. The number of piperidine rings is 1. The van der Waals surface area contributed by atoms with Gasteiger partial charge < -0.3 is 10.4 Å². The molecule has 106 valence electrons. The van der Waals surface area contributed by atoms with Crippen molar-refractivity contribution in [3.8, 4) is 0 Å². The molecule has 3 rings (SSSR count). The average molecular weight is 302 g/mol. The first-order valence-electron chi connectivity index (χ1n) is 6.90. The van der Waals surface area contributed by atoms with Gasteiger partial charge in [0.2, 0.25) is 0 Å². The molecule has 1 aliphatic carbocycles. The number of benzene rings is 1. The summed E-state index contributed by atoms with van der Waals surface area (Å²) in [5.41, 5.74) is 0.804. The first-order chi connectivity index (χ1) is 8.69. The largest absolute Gasteiger partial charge is 0.389 e. The van der Waals surface area contributed by atoms with E-state index in [9.17, 15) is 5.11 Å². The van der Waals surface area contributed by atoms with Gasteiger partial charge in [-0.1, -0.05) is 36.6 Å². The van der Waals surface area contributed by atoms with E-state index >= 15 is 0 Å². The van der Waals surface area contributed by atoms with E-state index in [0.29, 0.717) is 5.92 Å². The highest BCUT2D eigenvalue weighted by Crippen LogP contribution is 2.45. The molecule has 2 aliphatic rings. The van der Waals surface area contributed by atoms with Crippen molar-refractivity contribution in [2.45, 2.75) is 43.7 Å². The third kappa shape index (κ3) is 2.92. The van der Waals surface area contributed by atoms with Crippen molar-refractivity contribution in [2.24, 2.45) is 5.92 Å². The predicted octanol–water partition coefficient (Wildman–Crippen LogP) is 3.72. The molecule has 1 saturated heterocycles. The average Bonchev–Trinajstić information content (AvgIpc) is 2.38. The summed E-state index contributed by atoms with van der Waals surface area (Å²) >= 11 is 5.95. The molecule has 1 aromatic carbocycles. The molecule has 2 nitrogen and oxygen atoms in total. The van der Waals surface area contributed by atoms with Crippen molar-refractivity contribution in [1.82, 2.24) is 5.32 Å². The van der Waals surface area contributed by atoms with E-state index in [0.717, 1.165) is 30.8 Å². The monoisotopic (exact) mass is 301 g/mol. The van der Waals surface area contributed by atoms with Gasteiger partial charge in [-0.15, -0.1) is 12.4 Å². The van der Waals surface area contributed by atoms with Crippen LogP contribution in [0.15, 0.2) is 24.3 Å². The van der Waals surface area contributed by atoms with E-state index < -0.39 is 5.60 Å². The summed E-state index contributed by atoms with van der Waals surface area (Å²) in [6.45, 7) is 0.903. The Morgan fingerprint density at radius 1 is 1.16 bits per heavy atom. The lowest BCUT2D eigenvalue weighted by molar-refractivity contribution is -0.0861. The molecule has 2 unspecified atom stereocenters. The second kappa shape index (κ2) is 6.01. The van der Waals surface area contributed by atoms with Crippen LogP contribution in [-0.2, 0) is 0 Å². The van der Waals surface area contributed by atoms with Crippen LogP contribution in [0.2, 0.25) is 5.02 Å². The van der Waals surface area contributed by atoms with Crippen LogP contribution in [0.4, 0.5) is 0 Å². The first kappa shape index (κ1) is 15.1. The molecule has 4 heteroatoms. The van der Waals surface area contributed by atoms with Crippen molar-refractivity contribution >= 4 is 24.0 Å². The molecule has 3 atom stereocenters. The highest BCUT2D eigenvalue weighted by atomic mass is 35.5. The molecule has 1 aliphatic heterocycles. The molecule has 0 bridgehead atoms. The van der Waals surface area contributed by atoms with E-state index in [1.807, 2.05) is 12.1 Å². The Kier molecular flexibility index (Phi) is 4.78. The highest BCUT2D eigenvalue weighted by Gasteiger charge is 2.45. The number of halogens is 2. The molecule has 2 N–H and O–H groups in total. The molecule has 0 amide bonds. The fourth-order valence-electron chi connectivity index (χ4n) is 3.64. The topological polar surface area (TPSA) is 32.3 Å². The Bertz CT molecular complexity index is 419. The van der Waals surface area contributed by atoms with Gasteiger partial charge in [0.05, 0.1) is 5.60 Å². The van der Waals surface area contributed by atoms with Gasteiger partial charge in [-0.3, -0.25) is 0 Å². The minimum absolute atomic E-state index is 0. The van der Waals surface area contributed by atoms with E-state index in [-0.39, 0.29) is 18.4 Å². The Morgan fingerprint density at radius 2 is 1.89 bits per heavy atom. The summed E-state index contributed by atoms with van der Waals surface area (Å²) in [4.78, 5) is 0. The SMILES string of the molecule is Cl.OC12CCCCC1[C@H](c1ccc(Cl)cc1)NCC2. The van der Waals surface area contributed by atoms with Gasteiger partial charge in [-0.25, -0.2) is 0 Å². The third-order valence-electron chi connectivity index (χ3n) is 4.62. The summed E-state index contributed by atoms with van der Waals surface area (Å²) in [6.07, 6.45) is 5.38. The van der Waals surface area contributed by atoms with E-state index in [4.69, 9.17) is 11.6 Å². The Morgan fingerprint density at radius 3 is 2.63 bits per heavy atom. The van der Waals surface area contributed by atoms with Gasteiger partial charge >= 0.3 is 0 Å². The zero-order valence-electron chi connectivity index (χ0n) is 10.9. The van der Waals surface area contributed by atoms with Gasteiger partial charge in [-0.2, -0.15) is 0 Å². The zero-order chi connectivity index (χ0) is 12.6. The summed E-state index contributed by atoms with van der Waals surface area (Å²) < 4.78 is 0. The molecule has 1 aromatic rings. The van der Waals surface area contributed by atoms with Crippen LogP contribution in [0.1, 0.15) is 43.7 Å².